The van der Waals surface area contributed by atoms with Crippen molar-refractivity contribution in [2.75, 3.05) is 12.4 Å². The van der Waals surface area contributed by atoms with Crippen molar-refractivity contribution >= 4 is 17.6 Å². The van der Waals surface area contributed by atoms with Gasteiger partial charge in [-0.2, -0.15) is 0 Å². The molecule has 2 aromatic carbocycles. The van der Waals surface area contributed by atoms with Gasteiger partial charge in [0.2, 0.25) is 0 Å². The topological polar surface area (TPSA) is 99.2 Å². The van der Waals surface area contributed by atoms with Crippen LogP contribution in [0.3, 0.4) is 0 Å². The van der Waals surface area contributed by atoms with Crippen LogP contribution in [0.2, 0.25) is 0 Å². The van der Waals surface area contributed by atoms with Crippen LogP contribution < -0.4 is 5.32 Å². The minimum absolute atomic E-state index is 0.0588. The lowest BCUT2D eigenvalue weighted by Gasteiger charge is -2.09. The monoisotopic (exact) mass is 388 g/mol. The highest BCUT2D eigenvalue weighted by Gasteiger charge is 2.25. The Hall–Kier alpha value is -4.20. The Morgan fingerprint density at radius 2 is 1.76 bits per heavy atom. The summed E-state index contributed by atoms with van der Waals surface area (Å²) < 4.78 is 11.8. The van der Waals surface area contributed by atoms with E-state index in [0.717, 1.165) is 5.69 Å². The van der Waals surface area contributed by atoms with Gasteiger partial charge in [0.1, 0.15) is 5.69 Å². The molecule has 0 radical (unpaired) electrons. The maximum absolute atomic E-state index is 13.0. The standard InChI is InChI=1S/C21H16N4O4/c1-28-21(27)15-10-5-6-11-16(15)22-20(26)18-19(17-12-7-13-29-17)25(24-23-18)14-8-3-2-4-9-14/h2-13H,1H3,(H,22,26). The molecule has 0 saturated carbocycles. The normalized spacial score (nSPS) is 10.5. The van der Waals surface area contributed by atoms with Gasteiger partial charge in [0, 0.05) is 0 Å². The van der Waals surface area contributed by atoms with Crippen LogP contribution >= 0.6 is 0 Å². The van der Waals surface area contributed by atoms with Crippen LogP contribution in [0.5, 0.6) is 0 Å². The second-order valence-electron chi connectivity index (χ2n) is 6.00. The molecule has 0 bridgehead atoms. The summed E-state index contributed by atoms with van der Waals surface area (Å²) in [7, 11) is 1.28. The van der Waals surface area contributed by atoms with E-state index in [1.807, 2.05) is 30.3 Å². The number of nitrogens with zero attached hydrogens (tertiary/aromatic N) is 3. The summed E-state index contributed by atoms with van der Waals surface area (Å²) in [6.07, 6.45) is 1.51. The number of anilines is 1. The van der Waals surface area contributed by atoms with Gasteiger partial charge in [-0.3, -0.25) is 4.79 Å². The molecule has 1 N–H and O–H groups in total. The predicted octanol–water partition coefficient (Wildman–Crippen LogP) is 3.57. The number of hydrogen-bond donors (Lipinski definition) is 1. The van der Waals surface area contributed by atoms with Crippen molar-refractivity contribution in [1.29, 1.82) is 0 Å². The minimum atomic E-state index is -0.555. The van der Waals surface area contributed by atoms with Crippen molar-refractivity contribution in [3.05, 3.63) is 84.3 Å². The second kappa shape index (κ2) is 7.81. The van der Waals surface area contributed by atoms with Crippen LogP contribution in [0.4, 0.5) is 5.69 Å². The Morgan fingerprint density at radius 3 is 2.48 bits per heavy atom. The fourth-order valence-corrected chi connectivity index (χ4v) is 2.88. The molecule has 0 aliphatic heterocycles. The van der Waals surface area contributed by atoms with E-state index in [4.69, 9.17) is 9.15 Å². The van der Waals surface area contributed by atoms with Crippen LogP contribution in [-0.4, -0.2) is 34.0 Å². The molecule has 0 spiro atoms. The van der Waals surface area contributed by atoms with Gasteiger partial charge in [0.15, 0.2) is 11.5 Å². The predicted molar refractivity (Wildman–Crippen MR) is 105 cm³/mol. The van der Waals surface area contributed by atoms with Crippen LogP contribution in [0.15, 0.2) is 77.4 Å². The zero-order chi connectivity index (χ0) is 20.2. The number of methoxy groups -OCH3 is 1. The minimum Gasteiger partial charge on any atom is -0.465 e. The molecule has 0 atom stereocenters. The molecule has 0 fully saturated rings. The fraction of sp³-hybridized carbons (Fsp3) is 0.0476. The highest BCUT2D eigenvalue weighted by Crippen LogP contribution is 2.27. The van der Waals surface area contributed by atoms with E-state index in [2.05, 4.69) is 15.6 Å². The molecule has 2 heterocycles. The maximum atomic E-state index is 13.0. The van der Waals surface area contributed by atoms with Crippen molar-refractivity contribution in [1.82, 2.24) is 15.0 Å². The van der Waals surface area contributed by atoms with Crippen molar-refractivity contribution in [3.63, 3.8) is 0 Å². The molecular weight excluding hydrogens is 372 g/mol. The van der Waals surface area contributed by atoms with Crippen LogP contribution in [0.25, 0.3) is 17.1 Å². The van der Waals surface area contributed by atoms with Gasteiger partial charge in [-0.1, -0.05) is 35.5 Å². The molecule has 1 amide bonds. The summed E-state index contributed by atoms with van der Waals surface area (Å²) in [5.74, 6) is -0.653. The Labute approximate surface area is 165 Å². The van der Waals surface area contributed by atoms with Gasteiger partial charge in [0.05, 0.1) is 30.3 Å². The number of ether oxygens (including phenoxy) is 1. The second-order valence-corrected chi connectivity index (χ2v) is 6.00. The molecule has 144 valence electrons. The Morgan fingerprint density at radius 1 is 1.00 bits per heavy atom. The van der Waals surface area contributed by atoms with Gasteiger partial charge < -0.3 is 14.5 Å². The Bertz CT molecular complexity index is 1150. The summed E-state index contributed by atoms with van der Waals surface area (Å²) in [5, 5.41) is 10.9. The fourth-order valence-electron chi connectivity index (χ4n) is 2.88. The first-order valence-corrected chi connectivity index (χ1v) is 8.72. The lowest BCUT2D eigenvalue weighted by Crippen LogP contribution is -2.17. The number of furan rings is 1. The van der Waals surface area contributed by atoms with Crippen molar-refractivity contribution in [2.24, 2.45) is 0 Å². The SMILES string of the molecule is COC(=O)c1ccccc1NC(=O)c1nnn(-c2ccccc2)c1-c1ccco1. The van der Waals surface area contributed by atoms with E-state index >= 15 is 0 Å². The smallest absolute Gasteiger partial charge is 0.339 e. The molecule has 29 heavy (non-hydrogen) atoms. The molecule has 0 aliphatic carbocycles. The number of aromatic nitrogens is 3. The molecule has 0 aliphatic rings. The summed E-state index contributed by atoms with van der Waals surface area (Å²) in [5.41, 5.74) is 1.72. The third-order valence-corrected chi connectivity index (χ3v) is 4.22. The lowest BCUT2D eigenvalue weighted by molar-refractivity contribution is 0.0602. The van der Waals surface area contributed by atoms with E-state index in [1.54, 1.807) is 36.4 Å². The number of nitrogens with one attached hydrogen (secondary N) is 1. The molecule has 8 heteroatoms. The number of hydrogen-bond acceptors (Lipinski definition) is 6. The molecule has 0 unspecified atom stereocenters. The number of para-hydroxylation sites is 2. The van der Waals surface area contributed by atoms with E-state index in [9.17, 15) is 9.59 Å². The van der Waals surface area contributed by atoms with E-state index in [1.165, 1.54) is 18.1 Å². The van der Waals surface area contributed by atoms with Gasteiger partial charge in [-0.25, -0.2) is 9.48 Å². The number of carbonyl (C=O) groups excluding carboxylic acids is 2. The Balaban J connectivity index is 1.76. The number of rotatable bonds is 5. The third kappa shape index (κ3) is 3.51. The molecule has 0 saturated heterocycles. The zero-order valence-corrected chi connectivity index (χ0v) is 15.4. The van der Waals surface area contributed by atoms with Gasteiger partial charge in [-0.05, 0) is 36.4 Å². The maximum Gasteiger partial charge on any atom is 0.339 e. The third-order valence-electron chi connectivity index (χ3n) is 4.22. The Kier molecular flexibility index (Phi) is 4.90. The van der Waals surface area contributed by atoms with Gasteiger partial charge in [-0.15, -0.1) is 5.10 Å². The average molecular weight is 388 g/mol. The van der Waals surface area contributed by atoms with Crippen LogP contribution in [0.1, 0.15) is 20.8 Å². The van der Waals surface area contributed by atoms with Crippen LogP contribution in [0, 0.1) is 0 Å². The largest absolute Gasteiger partial charge is 0.465 e. The van der Waals surface area contributed by atoms with Crippen LogP contribution in [-0.2, 0) is 4.74 Å². The zero-order valence-electron chi connectivity index (χ0n) is 15.4. The highest BCUT2D eigenvalue weighted by atomic mass is 16.5. The summed E-state index contributed by atoms with van der Waals surface area (Å²) in [6, 6.07) is 19.3. The van der Waals surface area contributed by atoms with Crippen molar-refractivity contribution < 1.29 is 18.7 Å². The van der Waals surface area contributed by atoms with E-state index in [0.29, 0.717) is 17.1 Å². The van der Waals surface area contributed by atoms with Crippen molar-refractivity contribution in [2.45, 2.75) is 0 Å². The summed E-state index contributed by atoms with van der Waals surface area (Å²) in [4.78, 5) is 25.0. The quantitative estimate of drug-likeness (QED) is 0.525. The summed E-state index contributed by atoms with van der Waals surface area (Å²) in [6.45, 7) is 0. The highest BCUT2D eigenvalue weighted by molar-refractivity contribution is 6.09. The first-order valence-electron chi connectivity index (χ1n) is 8.72. The first-order chi connectivity index (χ1) is 14.2. The number of amides is 1. The number of carbonyl (C=O) groups is 2. The molecule has 4 aromatic rings. The van der Waals surface area contributed by atoms with Gasteiger partial charge in [0.25, 0.3) is 5.91 Å². The lowest BCUT2D eigenvalue weighted by atomic mass is 10.1. The van der Waals surface area contributed by atoms with Gasteiger partial charge >= 0.3 is 5.97 Å². The van der Waals surface area contributed by atoms with Crippen molar-refractivity contribution in [3.8, 4) is 17.1 Å². The molecular formula is C21H16N4O4. The molecule has 2 aromatic heterocycles. The molecule has 8 nitrogen and oxygen atoms in total. The van der Waals surface area contributed by atoms with E-state index in [-0.39, 0.29) is 11.3 Å². The first kappa shape index (κ1) is 18.2. The summed E-state index contributed by atoms with van der Waals surface area (Å²) >= 11 is 0. The number of benzene rings is 2. The van der Waals surface area contributed by atoms with E-state index < -0.39 is 11.9 Å². The average Bonchev–Trinajstić information content (AvgIpc) is 3.43. The number of esters is 1. The molecule has 4 rings (SSSR count).